The molecule has 0 radical (unpaired) electrons. The first-order valence-electron chi connectivity index (χ1n) is 5.76. The standard InChI is InChI=1S/C12H18BrNO3S/c1-3-7-18(15,16)8-6-14-11-9-10(13)4-5-12(11)17-2/h4-5,9,14H,3,6-8H2,1-2H3. The van der Waals surface area contributed by atoms with Gasteiger partial charge >= 0.3 is 0 Å². The van der Waals surface area contributed by atoms with E-state index in [1.165, 1.54) is 0 Å². The van der Waals surface area contributed by atoms with Crippen LogP contribution < -0.4 is 10.1 Å². The summed E-state index contributed by atoms with van der Waals surface area (Å²) in [5.41, 5.74) is 0.790. The number of rotatable bonds is 7. The first-order valence-corrected chi connectivity index (χ1v) is 8.38. The number of anilines is 1. The topological polar surface area (TPSA) is 55.4 Å². The van der Waals surface area contributed by atoms with Crippen LogP contribution in [0.5, 0.6) is 5.75 Å². The van der Waals surface area contributed by atoms with Gasteiger partial charge in [-0.1, -0.05) is 22.9 Å². The third-order valence-electron chi connectivity index (χ3n) is 2.41. The molecule has 0 aliphatic rings. The van der Waals surface area contributed by atoms with E-state index in [-0.39, 0.29) is 11.5 Å². The lowest BCUT2D eigenvalue weighted by molar-refractivity contribution is 0.416. The van der Waals surface area contributed by atoms with E-state index in [2.05, 4.69) is 21.2 Å². The molecule has 0 bridgehead atoms. The minimum atomic E-state index is -2.95. The maximum atomic E-state index is 11.6. The number of methoxy groups -OCH3 is 1. The first-order chi connectivity index (χ1) is 8.48. The molecule has 0 unspecified atom stereocenters. The van der Waals surface area contributed by atoms with Gasteiger partial charge in [-0.25, -0.2) is 8.42 Å². The van der Waals surface area contributed by atoms with Crippen LogP contribution in [-0.2, 0) is 9.84 Å². The van der Waals surface area contributed by atoms with Gasteiger partial charge in [-0.05, 0) is 24.6 Å². The summed E-state index contributed by atoms with van der Waals surface area (Å²) in [6, 6.07) is 5.57. The molecule has 0 spiro atoms. The van der Waals surface area contributed by atoms with Gasteiger partial charge in [0.2, 0.25) is 0 Å². The summed E-state index contributed by atoms with van der Waals surface area (Å²) in [4.78, 5) is 0. The summed E-state index contributed by atoms with van der Waals surface area (Å²) in [6.07, 6.45) is 0.655. The Hall–Kier alpha value is -0.750. The quantitative estimate of drug-likeness (QED) is 0.832. The molecule has 0 fully saturated rings. The molecule has 0 heterocycles. The van der Waals surface area contributed by atoms with Crippen LogP contribution in [0.4, 0.5) is 5.69 Å². The van der Waals surface area contributed by atoms with E-state index in [9.17, 15) is 8.42 Å². The average molecular weight is 336 g/mol. The molecular formula is C12H18BrNO3S. The summed E-state index contributed by atoms with van der Waals surface area (Å²) in [7, 11) is -1.36. The van der Waals surface area contributed by atoms with Gasteiger partial charge in [-0.3, -0.25) is 0 Å². The molecule has 1 aromatic carbocycles. The van der Waals surface area contributed by atoms with E-state index in [0.29, 0.717) is 18.7 Å². The van der Waals surface area contributed by atoms with Gasteiger partial charge in [0.1, 0.15) is 5.75 Å². The van der Waals surface area contributed by atoms with Crippen LogP contribution in [-0.4, -0.2) is 33.6 Å². The molecule has 0 saturated heterocycles. The average Bonchev–Trinajstić information content (AvgIpc) is 2.29. The fraction of sp³-hybridized carbons (Fsp3) is 0.500. The Balaban J connectivity index is 2.61. The van der Waals surface area contributed by atoms with E-state index in [0.717, 1.165) is 10.2 Å². The normalized spacial score (nSPS) is 11.3. The third-order valence-corrected chi connectivity index (χ3v) is 4.75. The Morgan fingerprint density at radius 3 is 2.67 bits per heavy atom. The molecule has 1 N–H and O–H groups in total. The van der Waals surface area contributed by atoms with Crippen molar-refractivity contribution in [3.8, 4) is 5.75 Å². The van der Waals surface area contributed by atoms with E-state index in [4.69, 9.17) is 4.74 Å². The van der Waals surface area contributed by atoms with Gasteiger partial charge < -0.3 is 10.1 Å². The van der Waals surface area contributed by atoms with Crippen LogP contribution >= 0.6 is 15.9 Å². The summed E-state index contributed by atoms with van der Waals surface area (Å²) < 4.78 is 29.2. The lowest BCUT2D eigenvalue weighted by Gasteiger charge is -2.11. The molecule has 0 amide bonds. The molecule has 1 rings (SSSR count). The minimum absolute atomic E-state index is 0.135. The Morgan fingerprint density at radius 2 is 2.06 bits per heavy atom. The molecule has 0 atom stereocenters. The summed E-state index contributed by atoms with van der Waals surface area (Å²) >= 11 is 3.37. The molecule has 6 heteroatoms. The van der Waals surface area contributed by atoms with Gasteiger partial charge in [0, 0.05) is 16.8 Å². The number of benzene rings is 1. The number of nitrogens with one attached hydrogen (secondary N) is 1. The van der Waals surface area contributed by atoms with Crippen LogP contribution in [0.15, 0.2) is 22.7 Å². The van der Waals surface area contributed by atoms with Gasteiger partial charge in [0.15, 0.2) is 9.84 Å². The van der Waals surface area contributed by atoms with E-state index < -0.39 is 9.84 Å². The largest absolute Gasteiger partial charge is 0.495 e. The second-order valence-corrected chi connectivity index (χ2v) is 7.14. The summed E-state index contributed by atoms with van der Waals surface area (Å²) in [5, 5.41) is 3.09. The predicted molar refractivity (Wildman–Crippen MR) is 78.1 cm³/mol. The van der Waals surface area contributed by atoms with Crippen LogP contribution in [0.1, 0.15) is 13.3 Å². The third kappa shape index (κ3) is 4.86. The highest BCUT2D eigenvalue weighted by Crippen LogP contribution is 2.27. The summed E-state index contributed by atoms with van der Waals surface area (Å²) in [5.74, 6) is 1.08. The predicted octanol–water partition coefficient (Wildman–Crippen LogP) is 2.69. The molecular weight excluding hydrogens is 318 g/mol. The second-order valence-electron chi connectivity index (χ2n) is 3.92. The van der Waals surface area contributed by atoms with Crippen LogP contribution in [0.3, 0.4) is 0 Å². The molecule has 102 valence electrons. The molecule has 4 nitrogen and oxygen atoms in total. The smallest absolute Gasteiger partial charge is 0.152 e. The molecule has 18 heavy (non-hydrogen) atoms. The van der Waals surface area contributed by atoms with Crippen LogP contribution in [0, 0.1) is 0 Å². The highest BCUT2D eigenvalue weighted by molar-refractivity contribution is 9.10. The van der Waals surface area contributed by atoms with Gasteiger partial charge in [0.25, 0.3) is 0 Å². The molecule has 0 aliphatic carbocycles. The van der Waals surface area contributed by atoms with Gasteiger partial charge in [-0.2, -0.15) is 0 Å². The van der Waals surface area contributed by atoms with Crippen molar-refractivity contribution < 1.29 is 13.2 Å². The number of hydrogen-bond acceptors (Lipinski definition) is 4. The van der Waals surface area contributed by atoms with Crippen molar-refractivity contribution in [1.29, 1.82) is 0 Å². The highest BCUT2D eigenvalue weighted by atomic mass is 79.9. The van der Waals surface area contributed by atoms with E-state index >= 15 is 0 Å². The van der Waals surface area contributed by atoms with Gasteiger partial charge in [0.05, 0.1) is 18.6 Å². The highest BCUT2D eigenvalue weighted by Gasteiger charge is 2.09. The Labute approximate surface area is 117 Å². The Bertz CT molecular complexity index is 488. The number of ether oxygens (including phenoxy) is 1. The van der Waals surface area contributed by atoms with Gasteiger partial charge in [-0.15, -0.1) is 0 Å². The number of hydrogen-bond donors (Lipinski definition) is 1. The second kappa shape index (κ2) is 6.99. The molecule has 0 aliphatic heterocycles. The minimum Gasteiger partial charge on any atom is -0.495 e. The van der Waals surface area contributed by atoms with E-state index in [1.54, 1.807) is 7.11 Å². The van der Waals surface area contributed by atoms with Crippen molar-refractivity contribution in [3.63, 3.8) is 0 Å². The maximum absolute atomic E-state index is 11.6. The summed E-state index contributed by atoms with van der Waals surface area (Å²) in [6.45, 7) is 2.25. The van der Waals surface area contributed by atoms with Crippen molar-refractivity contribution in [2.24, 2.45) is 0 Å². The van der Waals surface area contributed by atoms with Crippen LogP contribution in [0.2, 0.25) is 0 Å². The van der Waals surface area contributed by atoms with Crippen molar-refractivity contribution in [1.82, 2.24) is 0 Å². The number of sulfone groups is 1. The van der Waals surface area contributed by atoms with Crippen molar-refractivity contribution >= 4 is 31.5 Å². The zero-order valence-corrected chi connectivity index (χ0v) is 13.0. The maximum Gasteiger partial charge on any atom is 0.152 e. The number of halogens is 1. The lowest BCUT2D eigenvalue weighted by Crippen LogP contribution is -2.18. The van der Waals surface area contributed by atoms with Crippen LogP contribution in [0.25, 0.3) is 0 Å². The van der Waals surface area contributed by atoms with Crippen molar-refractivity contribution in [2.45, 2.75) is 13.3 Å². The SMILES string of the molecule is CCCS(=O)(=O)CCNc1cc(Br)ccc1OC. The monoisotopic (exact) mass is 335 g/mol. The zero-order valence-electron chi connectivity index (χ0n) is 10.6. The van der Waals surface area contributed by atoms with Crippen molar-refractivity contribution in [3.05, 3.63) is 22.7 Å². The fourth-order valence-corrected chi connectivity index (χ4v) is 3.17. The Morgan fingerprint density at radius 1 is 1.33 bits per heavy atom. The zero-order chi connectivity index (χ0) is 13.6. The fourth-order valence-electron chi connectivity index (χ4n) is 1.57. The Kier molecular flexibility index (Phi) is 5.95. The molecule has 0 aromatic heterocycles. The lowest BCUT2D eigenvalue weighted by atomic mass is 10.3. The molecule has 1 aromatic rings. The first kappa shape index (κ1) is 15.3. The van der Waals surface area contributed by atoms with Crippen molar-refractivity contribution in [2.75, 3.05) is 30.5 Å². The van der Waals surface area contributed by atoms with E-state index in [1.807, 2.05) is 25.1 Å². The molecule has 0 saturated carbocycles.